The monoisotopic (exact) mass is 525 g/mol. The first kappa shape index (κ1) is 22.8. The molecule has 0 fully saturated rings. The fourth-order valence-electron chi connectivity index (χ4n) is 3.09. The smallest absolute Gasteiger partial charge is 0.363 e. The van der Waals surface area contributed by atoms with Gasteiger partial charge in [-0.05, 0) is 61.5 Å². The lowest BCUT2D eigenvalue weighted by atomic mass is 10.1. The zero-order valence-electron chi connectivity index (χ0n) is 17.6. The van der Waals surface area contributed by atoms with Crippen LogP contribution in [-0.2, 0) is 9.53 Å². The molecule has 3 aromatic carbocycles. The number of cyclic esters (lactones) is 1. The van der Waals surface area contributed by atoms with E-state index >= 15 is 0 Å². The van der Waals surface area contributed by atoms with E-state index < -0.39 is 11.9 Å². The minimum atomic E-state index is -0.650. The lowest BCUT2D eigenvalue weighted by molar-refractivity contribution is -0.129. The molecule has 0 aromatic heterocycles. The Morgan fingerprint density at radius 1 is 1.06 bits per heavy atom. The molecule has 0 amide bonds. The quantitative estimate of drug-likeness (QED) is 0.232. The van der Waals surface area contributed by atoms with Crippen molar-refractivity contribution in [3.8, 4) is 11.5 Å². The number of carbonyl (C=O) groups is 2. The molecular weight excluding hydrogens is 510 g/mol. The van der Waals surface area contributed by atoms with Gasteiger partial charge >= 0.3 is 11.9 Å². The molecule has 0 spiro atoms. The van der Waals surface area contributed by atoms with Crippen molar-refractivity contribution in [2.75, 3.05) is 7.11 Å². The maximum Gasteiger partial charge on any atom is 0.363 e. The van der Waals surface area contributed by atoms with Crippen molar-refractivity contribution in [2.24, 2.45) is 4.99 Å². The number of carbonyl (C=O) groups excluding carboxylic acids is 2. The van der Waals surface area contributed by atoms with Crippen LogP contribution in [0.5, 0.6) is 11.5 Å². The van der Waals surface area contributed by atoms with Gasteiger partial charge in [0.25, 0.3) is 0 Å². The first-order valence-electron chi connectivity index (χ1n) is 9.79. The predicted molar refractivity (Wildman–Crippen MR) is 129 cm³/mol. The number of methoxy groups -OCH3 is 1. The summed E-state index contributed by atoms with van der Waals surface area (Å²) in [4.78, 5) is 29.4. The van der Waals surface area contributed by atoms with Gasteiger partial charge in [0, 0.05) is 15.1 Å². The summed E-state index contributed by atoms with van der Waals surface area (Å²) in [6.45, 7) is 1.93. The van der Waals surface area contributed by atoms with Gasteiger partial charge in [0.2, 0.25) is 5.90 Å². The van der Waals surface area contributed by atoms with Crippen LogP contribution in [-0.4, -0.2) is 24.9 Å². The first-order valence-corrected chi connectivity index (χ1v) is 11.0. The molecule has 0 unspecified atom stereocenters. The molecule has 0 aliphatic carbocycles. The molecule has 0 saturated heterocycles. The Labute approximate surface area is 203 Å². The van der Waals surface area contributed by atoms with Gasteiger partial charge < -0.3 is 14.2 Å². The van der Waals surface area contributed by atoms with Crippen molar-refractivity contribution < 1.29 is 23.8 Å². The molecule has 0 radical (unpaired) electrons. The summed E-state index contributed by atoms with van der Waals surface area (Å²) >= 11 is 9.48. The van der Waals surface area contributed by atoms with E-state index in [1.165, 1.54) is 13.2 Å². The minimum absolute atomic E-state index is 0.0396. The van der Waals surface area contributed by atoms with Gasteiger partial charge in [0.1, 0.15) is 11.5 Å². The van der Waals surface area contributed by atoms with Crippen molar-refractivity contribution >= 4 is 51.4 Å². The second-order valence-corrected chi connectivity index (χ2v) is 8.47. The molecule has 33 heavy (non-hydrogen) atoms. The summed E-state index contributed by atoms with van der Waals surface area (Å²) in [7, 11) is 1.50. The summed E-state index contributed by atoms with van der Waals surface area (Å²) in [5.41, 5.74) is 2.40. The standard InChI is InChI=1S/C25H17BrClNO5/c1-14-3-5-15(6-4-14)24(29)32-21-9-7-17(26)11-16(21)12-20-25(30)33-23(28-20)19-13-18(27)8-10-22(19)31-2/h3-13H,1-2H3/b20-12-. The van der Waals surface area contributed by atoms with Crippen LogP contribution in [0.3, 0.4) is 0 Å². The minimum Gasteiger partial charge on any atom is -0.496 e. The van der Waals surface area contributed by atoms with E-state index in [1.807, 2.05) is 19.1 Å². The molecule has 166 valence electrons. The normalized spacial score (nSPS) is 14.1. The Morgan fingerprint density at radius 2 is 1.79 bits per heavy atom. The third-order valence-electron chi connectivity index (χ3n) is 4.77. The molecule has 1 heterocycles. The molecule has 4 rings (SSSR count). The Bertz CT molecular complexity index is 1310. The van der Waals surface area contributed by atoms with E-state index in [9.17, 15) is 9.59 Å². The highest BCUT2D eigenvalue weighted by atomic mass is 79.9. The number of aryl methyl sites for hydroxylation is 1. The van der Waals surface area contributed by atoms with Crippen LogP contribution in [0.1, 0.15) is 27.0 Å². The van der Waals surface area contributed by atoms with Crippen LogP contribution < -0.4 is 9.47 Å². The number of halogens is 2. The van der Waals surface area contributed by atoms with Crippen molar-refractivity contribution in [1.29, 1.82) is 0 Å². The third-order valence-corrected chi connectivity index (χ3v) is 5.49. The Balaban J connectivity index is 1.68. The van der Waals surface area contributed by atoms with Gasteiger partial charge in [0.15, 0.2) is 5.70 Å². The summed E-state index contributed by atoms with van der Waals surface area (Å²) in [6.07, 6.45) is 1.49. The zero-order chi connectivity index (χ0) is 23.5. The Morgan fingerprint density at radius 3 is 2.52 bits per heavy atom. The zero-order valence-corrected chi connectivity index (χ0v) is 19.9. The molecule has 1 aliphatic heterocycles. The van der Waals surface area contributed by atoms with Crippen molar-refractivity contribution in [1.82, 2.24) is 0 Å². The van der Waals surface area contributed by atoms with Gasteiger partial charge in [-0.1, -0.05) is 45.2 Å². The van der Waals surface area contributed by atoms with Crippen LogP contribution in [0, 0.1) is 6.92 Å². The highest BCUT2D eigenvalue weighted by Gasteiger charge is 2.27. The number of hydrogen-bond donors (Lipinski definition) is 0. The lowest BCUT2D eigenvalue weighted by Gasteiger charge is -2.08. The van der Waals surface area contributed by atoms with Gasteiger partial charge in [0.05, 0.1) is 18.2 Å². The van der Waals surface area contributed by atoms with Crippen molar-refractivity contribution in [2.45, 2.75) is 6.92 Å². The summed E-state index contributed by atoms with van der Waals surface area (Å²) in [5.74, 6) is -0.365. The molecular formula is C25H17BrClNO5. The Kier molecular flexibility index (Phi) is 6.62. The van der Waals surface area contributed by atoms with Crippen LogP contribution in [0.2, 0.25) is 5.02 Å². The van der Waals surface area contributed by atoms with Gasteiger partial charge in [-0.15, -0.1) is 0 Å². The van der Waals surface area contributed by atoms with E-state index in [2.05, 4.69) is 20.9 Å². The van der Waals surface area contributed by atoms with Gasteiger partial charge in [-0.3, -0.25) is 0 Å². The fourth-order valence-corrected chi connectivity index (χ4v) is 3.64. The van der Waals surface area contributed by atoms with E-state index in [0.717, 1.165) is 10.0 Å². The molecule has 0 bridgehead atoms. The average Bonchev–Trinajstić information content (AvgIpc) is 3.16. The van der Waals surface area contributed by atoms with Crippen LogP contribution in [0.15, 0.2) is 75.8 Å². The molecule has 0 N–H and O–H groups in total. The molecule has 6 nitrogen and oxygen atoms in total. The number of ether oxygens (including phenoxy) is 3. The number of hydrogen-bond acceptors (Lipinski definition) is 6. The second kappa shape index (κ2) is 9.60. The lowest BCUT2D eigenvalue weighted by Crippen LogP contribution is -2.09. The first-order chi connectivity index (χ1) is 15.8. The van der Waals surface area contributed by atoms with E-state index in [-0.39, 0.29) is 17.3 Å². The van der Waals surface area contributed by atoms with E-state index in [0.29, 0.717) is 27.5 Å². The topological polar surface area (TPSA) is 74.2 Å². The SMILES string of the molecule is COc1ccc(Cl)cc1C1=N/C(=C\c2cc(Br)ccc2OC(=O)c2ccc(C)cc2)C(=O)O1. The Hall–Kier alpha value is -3.42. The second-order valence-electron chi connectivity index (χ2n) is 7.12. The summed E-state index contributed by atoms with van der Waals surface area (Å²) in [5, 5.41) is 0.444. The molecule has 0 saturated carbocycles. The van der Waals surface area contributed by atoms with Crippen LogP contribution >= 0.6 is 27.5 Å². The number of aliphatic imine (C=N–C) groups is 1. The third kappa shape index (κ3) is 5.16. The molecule has 8 heteroatoms. The van der Waals surface area contributed by atoms with Crippen LogP contribution in [0.4, 0.5) is 0 Å². The molecule has 1 aliphatic rings. The maximum absolute atomic E-state index is 12.6. The molecule has 3 aromatic rings. The van der Waals surface area contributed by atoms with Crippen LogP contribution in [0.25, 0.3) is 6.08 Å². The number of benzene rings is 3. The number of rotatable bonds is 5. The number of esters is 2. The van der Waals surface area contributed by atoms with E-state index in [4.69, 9.17) is 25.8 Å². The van der Waals surface area contributed by atoms with Gasteiger partial charge in [-0.25, -0.2) is 14.6 Å². The predicted octanol–water partition coefficient (Wildman–Crippen LogP) is 5.98. The summed E-state index contributed by atoms with van der Waals surface area (Å²) < 4.78 is 17.0. The van der Waals surface area contributed by atoms with Crippen molar-refractivity contribution in [3.05, 3.63) is 98.1 Å². The van der Waals surface area contributed by atoms with Crippen molar-refractivity contribution in [3.63, 3.8) is 0 Å². The largest absolute Gasteiger partial charge is 0.496 e. The highest BCUT2D eigenvalue weighted by molar-refractivity contribution is 9.10. The number of nitrogens with zero attached hydrogens (tertiary/aromatic N) is 1. The average molecular weight is 527 g/mol. The fraction of sp³-hybridized carbons (Fsp3) is 0.0800. The summed E-state index contributed by atoms with van der Waals surface area (Å²) in [6, 6.07) is 17.0. The van der Waals surface area contributed by atoms with Gasteiger partial charge in [-0.2, -0.15) is 0 Å². The maximum atomic E-state index is 12.6. The van der Waals surface area contributed by atoms with E-state index in [1.54, 1.807) is 48.5 Å². The highest BCUT2D eigenvalue weighted by Crippen LogP contribution is 2.31. The molecule has 0 atom stereocenters.